The number of aliphatic hydroxyl groups is 1. The molecule has 0 aliphatic carbocycles. The summed E-state index contributed by atoms with van der Waals surface area (Å²) in [5.74, 6) is 1.54. The summed E-state index contributed by atoms with van der Waals surface area (Å²) in [6.45, 7) is 8.29. The van der Waals surface area contributed by atoms with Crippen molar-refractivity contribution in [2.75, 3.05) is 113 Å². The zero-order chi connectivity index (χ0) is 52.4. The van der Waals surface area contributed by atoms with E-state index < -0.39 is 54.2 Å². The van der Waals surface area contributed by atoms with E-state index in [2.05, 4.69) is 20.8 Å². The molecule has 5 aliphatic heterocycles. The molecule has 7 amide bonds. The molecular formula is C44H74N10O16S2. The fourth-order valence-electron chi connectivity index (χ4n) is 10.1. The Morgan fingerprint density at radius 2 is 1.01 bits per heavy atom. The van der Waals surface area contributed by atoms with Crippen LogP contribution in [0.5, 0.6) is 0 Å². The molecule has 72 heavy (non-hydrogen) atoms. The number of rotatable bonds is 29. The molecule has 0 bridgehead atoms. The number of fused-ring (bicyclic) bond motifs is 2. The summed E-state index contributed by atoms with van der Waals surface area (Å²) >= 11 is 3.04. The van der Waals surface area contributed by atoms with Crippen molar-refractivity contribution in [1.82, 2.24) is 48.0 Å². The van der Waals surface area contributed by atoms with Crippen LogP contribution < -0.4 is 17.1 Å². The van der Waals surface area contributed by atoms with Crippen molar-refractivity contribution < 1.29 is 62.2 Å². The molecule has 5 saturated heterocycles. The zero-order valence-electron chi connectivity index (χ0n) is 42.9. The number of hydrogen-bond donors (Lipinski definition) is 1. The minimum Gasteiger partial charge on any atom is -0.395 e. The molecule has 6 rings (SSSR count). The topological polar surface area (TPSA) is 251 Å². The second-order valence-electron chi connectivity index (χ2n) is 18.8. The number of urea groups is 3. The fourth-order valence-corrected chi connectivity index (χ4v) is 12.7. The van der Waals surface area contributed by atoms with Crippen LogP contribution in [0.1, 0.15) is 47.5 Å². The second-order valence-corrected chi connectivity index (χ2v) is 21.2. The average Bonchev–Trinajstić information content (AvgIpc) is 3.87. The van der Waals surface area contributed by atoms with E-state index in [1.54, 1.807) is 35.7 Å². The second kappa shape index (κ2) is 26.5. The Hall–Kier alpha value is -3.97. The average molecular weight is 1060 g/mol. The fraction of sp³-hybridized carbons (Fsp3) is 0.841. The monoisotopic (exact) mass is 1060 g/mol. The molecule has 0 saturated carbocycles. The number of ether oxygens (including phenoxy) is 8. The largest absolute Gasteiger partial charge is 0.395 e. The van der Waals surface area contributed by atoms with Crippen molar-refractivity contribution in [1.29, 1.82) is 0 Å². The van der Waals surface area contributed by atoms with Crippen LogP contribution in [-0.4, -0.2) is 232 Å². The number of aliphatic hydroxyl groups excluding tert-OH is 1. The van der Waals surface area contributed by atoms with E-state index in [1.165, 1.54) is 64.5 Å². The van der Waals surface area contributed by atoms with Crippen molar-refractivity contribution >= 4 is 47.5 Å². The Morgan fingerprint density at radius 1 is 0.542 bits per heavy atom. The van der Waals surface area contributed by atoms with Gasteiger partial charge in [-0.05, 0) is 38.0 Å². The smallest absolute Gasteiger partial charge is 0.336 e. The maximum atomic E-state index is 14.3. The van der Waals surface area contributed by atoms with Crippen molar-refractivity contribution in [2.45, 2.75) is 109 Å². The van der Waals surface area contributed by atoms with Crippen molar-refractivity contribution in [3.8, 4) is 0 Å². The molecule has 0 aromatic carbocycles. The lowest BCUT2D eigenvalue weighted by Gasteiger charge is -2.46. The van der Waals surface area contributed by atoms with E-state index in [1.807, 2.05) is 0 Å². The molecule has 26 nitrogen and oxygen atoms in total. The van der Waals surface area contributed by atoms with Gasteiger partial charge in [0.25, 0.3) is 0 Å². The molecule has 1 aromatic heterocycles. The Labute approximate surface area is 427 Å². The Morgan fingerprint density at radius 3 is 1.53 bits per heavy atom. The maximum absolute atomic E-state index is 14.3. The van der Waals surface area contributed by atoms with Gasteiger partial charge in [-0.2, -0.15) is 0 Å². The van der Waals surface area contributed by atoms with Crippen molar-refractivity contribution in [3.05, 3.63) is 31.5 Å². The van der Waals surface area contributed by atoms with Crippen LogP contribution in [0.4, 0.5) is 14.4 Å². The van der Waals surface area contributed by atoms with Gasteiger partial charge in [-0.3, -0.25) is 34.2 Å². The molecule has 408 valence electrons. The van der Waals surface area contributed by atoms with Gasteiger partial charge in [-0.25, -0.2) is 42.5 Å². The molecular weight excluding hydrogens is 989 g/mol. The van der Waals surface area contributed by atoms with E-state index >= 15 is 0 Å². The highest BCUT2D eigenvalue weighted by Crippen LogP contribution is 2.42. The third-order valence-corrected chi connectivity index (χ3v) is 15.9. The lowest BCUT2D eigenvalue weighted by atomic mass is 9.76. The molecule has 5 fully saturated rings. The quantitative estimate of drug-likeness (QED) is 0.105. The first-order valence-corrected chi connectivity index (χ1v) is 26.3. The van der Waals surface area contributed by atoms with Crippen LogP contribution in [0.3, 0.4) is 0 Å². The van der Waals surface area contributed by atoms with E-state index in [0.29, 0.717) is 23.8 Å². The molecule has 0 radical (unpaired) electrons. The number of aromatic nitrogens is 3. The first-order valence-electron chi connectivity index (χ1n) is 24.2. The van der Waals surface area contributed by atoms with Crippen LogP contribution in [0.15, 0.2) is 14.4 Å². The van der Waals surface area contributed by atoms with E-state index in [0.717, 1.165) is 20.1 Å². The number of thioether (sulfide) groups is 2. The summed E-state index contributed by atoms with van der Waals surface area (Å²) in [6.07, 6.45) is -1.29. The predicted octanol–water partition coefficient (Wildman–Crippen LogP) is 0.192. The standard InChI is InChI=1S/C44H74N10O16S2/c1-28(2)18-30(5)31-19-32(56)45(36-35(31)49(22-63-6)42(60)50(36)23-64-7)12-17-69-33-20-72-34(21-71-33)70-27-54-38-37(51(24-65-8)43(61)52(38)25-66-9)53(44(54)62)26-67-15-11-47-39(57)46(10-14-55)40(58)48(41(47)59)13-16-68-29(3)4/h28-31,33-38,55H,10-27H2,1-9H3. The van der Waals surface area contributed by atoms with Gasteiger partial charge >= 0.3 is 35.2 Å². The minimum atomic E-state index is -0.927. The lowest BCUT2D eigenvalue weighted by molar-refractivity contribution is -0.150. The van der Waals surface area contributed by atoms with Gasteiger partial charge in [-0.15, -0.1) is 23.5 Å². The van der Waals surface area contributed by atoms with E-state index in [4.69, 9.17) is 37.9 Å². The molecule has 6 heterocycles. The van der Waals surface area contributed by atoms with Gasteiger partial charge in [0.05, 0.1) is 58.2 Å². The van der Waals surface area contributed by atoms with Gasteiger partial charge in [0.15, 0.2) is 12.3 Å². The third kappa shape index (κ3) is 12.6. The lowest BCUT2D eigenvalue weighted by Crippen LogP contribution is -2.62. The summed E-state index contributed by atoms with van der Waals surface area (Å²) in [4.78, 5) is 106. The van der Waals surface area contributed by atoms with Crippen LogP contribution >= 0.6 is 23.5 Å². The number of likely N-dealkylation sites (tertiary alicyclic amines) is 1. The molecule has 8 atom stereocenters. The highest BCUT2D eigenvalue weighted by atomic mass is 32.2. The van der Waals surface area contributed by atoms with Crippen LogP contribution in [-0.2, 0) is 62.3 Å². The van der Waals surface area contributed by atoms with E-state index in [-0.39, 0.29) is 133 Å². The highest BCUT2D eigenvalue weighted by Gasteiger charge is 2.60. The minimum absolute atomic E-state index is 0.0202. The van der Waals surface area contributed by atoms with Crippen molar-refractivity contribution in [2.24, 2.45) is 17.8 Å². The molecule has 5 aliphatic rings. The number of nitrogens with zero attached hydrogens (tertiary/aromatic N) is 10. The maximum Gasteiger partial charge on any atom is 0.336 e. The Balaban J connectivity index is 1.07. The first kappa shape index (κ1) is 57.3. The highest BCUT2D eigenvalue weighted by molar-refractivity contribution is 8.06. The number of hydrogen-bond acceptors (Lipinski definition) is 18. The summed E-state index contributed by atoms with van der Waals surface area (Å²) < 4.78 is 48.3. The zero-order valence-corrected chi connectivity index (χ0v) is 44.5. The number of carbonyl (C=O) groups excluding carboxylic acids is 4. The molecule has 8 unspecified atom stereocenters. The predicted molar refractivity (Wildman–Crippen MR) is 261 cm³/mol. The number of methoxy groups -OCH3 is 4. The number of carbonyl (C=O) groups is 4. The SMILES string of the molecule is COCN1C(=O)N(COC)C2C1C(C(C)CC(C)C)CC(=O)N2CCOC1CSC(OCN2C(=O)N(COCCn3c(=O)n(CCO)c(=O)n(CCOC(C)C)c3=O)C3C2N(COC)C(=O)N3COC)CS1. The first-order chi connectivity index (χ1) is 34.5. The Bertz CT molecular complexity index is 2180. The summed E-state index contributed by atoms with van der Waals surface area (Å²) in [5, 5.41) is 9.57. The Kier molecular flexibility index (Phi) is 21.1. The van der Waals surface area contributed by atoms with Crippen LogP contribution in [0, 0.1) is 17.8 Å². The van der Waals surface area contributed by atoms with Crippen LogP contribution in [0.25, 0.3) is 0 Å². The van der Waals surface area contributed by atoms with Crippen molar-refractivity contribution in [3.63, 3.8) is 0 Å². The normalized spacial score (nSPS) is 25.1. The van der Waals surface area contributed by atoms with Gasteiger partial charge in [0, 0.05) is 52.9 Å². The van der Waals surface area contributed by atoms with Gasteiger partial charge in [-0.1, -0.05) is 20.8 Å². The molecule has 28 heteroatoms. The molecule has 0 spiro atoms. The summed E-state index contributed by atoms with van der Waals surface area (Å²) in [5.41, 5.74) is -3.28. The van der Waals surface area contributed by atoms with Gasteiger partial charge < -0.3 is 47.9 Å². The molecule has 1 aromatic rings. The van der Waals surface area contributed by atoms with Gasteiger partial charge in [0.2, 0.25) is 5.91 Å². The summed E-state index contributed by atoms with van der Waals surface area (Å²) in [6, 6.07) is -1.50. The van der Waals surface area contributed by atoms with Gasteiger partial charge in [0.1, 0.15) is 57.4 Å². The summed E-state index contributed by atoms with van der Waals surface area (Å²) in [7, 11) is 5.93. The molecule has 1 N–H and O–H groups in total. The number of piperidine rings is 1. The van der Waals surface area contributed by atoms with E-state index in [9.17, 15) is 38.7 Å². The van der Waals surface area contributed by atoms with Crippen LogP contribution in [0.2, 0.25) is 0 Å². The third-order valence-electron chi connectivity index (χ3n) is 13.2. The number of amides is 7.